The second-order valence-electron chi connectivity index (χ2n) is 4.69. The van der Waals surface area contributed by atoms with Gasteiger partial charge in [0.1, 0.15) is 0 Å². The molecule has 0 aromatic carbocycles. The molecule has 1 rings (SSSR count). The summed E-state index contributed by atoms with van der Waals surface area (Å²) in [5.41, 5.74) is 6.13. The van der Waals surface area contributed by atoms with E-state index in [4.69, 9.17) is 10.5 Å². The number of likely N-dealkylation sites (N-methyl/N-ethyl adjacent to an activating group) is 1. The Balaban J connectivity index is 2.36. The van der Waals surface area contributed by atoms with Crippen LogP contribution in [0.25, 0.3) is 0 Å². The monoisotopic (exact) mass is 214 g/mol. The summed E-state index contributed by atoms with van der Waals surface area (Å²) in [6.45, 7) is 7.03. The molecule has 0 unspecified atom stereocenters. The van der Waals surface area contributed by atoms with Gasteiger partial charge < -0.3 is 10.5 Å². The first-order valence-corrected chi connectivity index (χ1v) is 6.21. The fraction of sp³-hybridized carbons (Fsp3) is 1.00. The molecule has 0 aromatic heterocycles. The van der Waals surface area contributed by atoms with Gasteiger partial charge in [-0.3, -0.25) is 4.90 Å². The topological polar surface area (TPSA) is 38.5 Å². The van der Waals surface area contributed by atoms with E-state index < -0.39 is 0 Å². The predicted molar refractivity (Wildman–Crippen MR) is 64.0 cm³/mol. The van der Waals surface area contributed by atoms with Crippen LogP contribution < -0.4 is 5.73 Å². The minimum atomic E-state index is 0.231. The van der Waals surface area contributed by atoms with Crippen molar-refractivity contribution in [2.75, 3.05) is 26.7 Å². The van der Waals surface area contributed by atoms with E-state index in [0.717, 1.165) is 32.5 Å². The number of nitrogens with two attached hydrogens (primary N) is 1. The highest BCUT2D eigenvalue weighted by atomic mass is 16.5. The highest BCUT2D eigenvalue weighted by Crippen LogP contribution is 2.38. The summed E-state index contributed by atoms with van der Waals surface area (Å²) in [6, 6.07) is 0. The summed E-state index contributed by atoms with van der Waals surface area (Å²) in [5, 5.41) is 0. The van der Waals surface area contributed by atoms with E-state index in [9.17, 15) is 0 Å². The van der Waals surface area contributed by atoms with Gasteiger partial charge in [-0.1, -0.05) is 13.3 Å². The summed E-state index contributed by atoms with van der Waals surface area (Å²) >= 11 is 0. The summed E-state index contributed by atoms with van der Waals surface area (Å²) in [4.78, 5) is 2.44. The van der Waals surface area contributed by atoms with Gasteiger partial charge in [0.2, 0.25) is 0 Å². The molecule has 1 saturated carbocycles. The number of rotatable bonds is 7. The second-order valence-corrected chi connectivity index (χ2v) is 4.69. The first-order valence-electron chi connectivity index (χ1n) is 6.21. The molecule has 0 aliphatic heterocycles. The molecule has 1 aliphatic rings. The van der Waals surface area contributed by atoms with Crippen LogP contribution in [0, 0.1) is 0 Å². The van der Waals surface area contributed by atoms with Crippen molar-refractivity contribution in [1.29, 1.82) is 0 Å². The Bertz CT molecular complexity index is 178. The molecule has 0 radical (unpaired) electrons. The van der Waals surface area contributed by atoms with Gasteiger partial charge in [0.15, 0.2) is 0 Å². The molecule has 3 nitrogen and oxygen atoms in total. The first kappa shape index (κ1) is 12.9. The number of unbranched alkanes of at least 4 members (excludes halogenated alkanes) is 1. The fourth-order valence-corrected chi connectivity index (χ4v) is 2.41. The third kappa shape index (κ3) is 2.92. The number of ether oxygens (including phenoxy) is 1. The quantitative estimate of drug-likeness (QED) is 0.700. The van der Waals surface area contributed by atoms with Crippen molar-refractivity contribution in [3.05, 3.63) is 0 Å². The molecule has 1 aliphatic carbocycles. The summed E-state index contributed by atoms with van der Waals surface area (Å²) in [6.07, 6.45) is 5.18. The molecule has 0 amide bonds. The number of hydrogen-bond acceptors (Lipinski definition) is 3. The van der Waals surface area contributed by atoms with Gasteiger partial charge in [0, 0.05) is 18.7 Å². The molecule has 0 aromatic rings. The van der Waals surface area contributed by atoms with Crippen molar-refractivity contribution >= 4 is 0 Å². The van der Waals surface area contributed by atoms with Crippen molar-refractivity contribution in [1.82, 2.24) is 4.90 Å². The predicted octanol–water partition coefficient (Wildman–Crippen LogP) is 1.61. The molecule has 0 heterocycles. The van der Waals surface area contributed by atoms with E-state index in [1.54, 1.807) is 0 Å². The van der Waals surface area contributed by atoms with Gasteiger partial charge in [-0.25, -0.2) is 0 Å². The SMILES string of the molecule is CCCCN(C)C1(CN)CC(OCC)C1. The van der Waals surface area contributed by atoms with Gasteiger partial charge in [-0.05, 0) is 39.8 Å². The van der Waals surface area contributed by atoms with E-state index in [2.05, 4.69) is 25.8 Å². The summed E-state index contributed by atoms with van der Waals surface area (Å²) < 4.78 is 5.61. The lowest BCUT2D eigenvalue weighted by molar-refractivity contribution is -0.0923. The molecule has 0 atom stereocenters. The molecule has 0 saturated heterocycles. The molecule has 3 heteroatoms. The van der Waals surface area contributed by atoms with Crippen LogP contribution in [0.1, 0.15) is 39.5 Å². The van der Waals surface area contributed by atoms with Crippen molar-refractivity contribution in [2.45, 2.75) is 51.2 Å². The van der Waals surface area contributed by atoms with Gasteiger partial charge in [-0.2, -0.15) is 0 Å². The highest BCUT2D eigenvalue weighted by Gasteiger charge is 2.46. The fourth-order valence-electron chi connectivity index (χ4n) is 2.41. The van der Waals surface area contributed by atoms with Crippen LogP contribution in [0.4, 0.5) is 0 Å². The average Bonchev–Trinajstić information content (AvgIpc) is 2.19. The van der Waals surface area contributed by atoms with Crippen LogP contribution in [0.5, 0.6) is 0 Å². The van der Waals surface area contributed by atoms with Gasteiger partial charge >= 0.3 is 0 Å². The maximum absolute atomic E-state index is 5.90. The smallest absolute Gasteiger partial charge is 0.0611 e. The zero-order valence-corrected chi connectivity index (χ0v) is 10.5. The molecular weight excluding hydrogens is 188 g/mol. The Morgan fingerprint density at radius 3 is 2.53 bits per heavy atom. The molecular formula is C12H26N2O. The Labute approximate surface area is 94.0 Å². The van der Waals surface area contributed by atoms with Crippen LogP contribution in [0.2, 0.25) is 0 Å². The normalized spacial score (nSPS) is 30.6. The molecule has 2 N–H and O–H groups in total. The third-order valence-electron chi connectivity index (χ3n) is 3.65. The van der Waals surface area contributed by atoms with Crippen molar-refractivity contribution < 1.29 is 4.74 Å². The third-order valence-corrected chi connectivity index (χ3v) is 3.65. The standard InChI is InChI=1S/C12H26N2O/c1-4-6-7-14(3)12(10-13)8-11(9-12)15-5-2/h11H,4-10,13H2,1-3H3. The minimum Gasteiger partial charge on any atom is -0.378 e. The van der Waals surface area contributed by atoms with Gasteiger partial charge in [-0.15, -0.1) is 0 Å². The van der Waals surface area contributed by atoms with E-state index in [1.807, 2.05) is 0 Å². The molecule has 0 spiro atoms. The van der Waals surface area contributed by atoms with Crippen molar-refractivity contribution in [3.8, 4) is 0 Å². The lowest BCUT2D eigenvalue weighted by Gasteiger charge is -2.52. The minimum absolute atomic E-state index is 0.231. The van der Waals surface area contributed by atoms with E-state index in [1.165, 1.54) is 12.8 Å². The maximum Gasteiger partial charge on any atom is 0.0611 e. The van der Waals surface area contributed by atoms with E-state index in [-0.39, 0.29) is 5.54 Å². The number of hydrogen-bond donors (Lipinski definition) is 1. The van der Waals surface area contributed by atoms with Gasteiger partial charge in [0.05, 0.1) is 6.10 Å². The average molecular weight is 214 g/mol. The lowest BCUT2D eigenvalue weighted by atomic mass is 9.73. The molecule has 0 bridgehead atoms. The Morgan fingerprint density at radius 2 is 2.07 bits per heavy atom. The van der Waals surface area contributed by atoms with Crippen molar-refractivity contribution in [2.24, 2.45) is 5.73 Å². The Kier molecular flexibility index (Phi) is 5.03. The molecule has 15 heavy (non-hydrogen) atoms. The summed E-state index contributed by atoms with van der Waals surface area (Å²) in [7, 11) is 2.20. The van der Waals surface area contributed by atoms with E-state index >= 15 is 0 Å². The molecule has 90 valence electrons. The van der Waals surface area contributed by atoms with Crippen LogP contribution in [-0.2, 0) is 4.74 Å². The zero-order chi connectivity index (χ0) is 11.3. The van der Waals surface area contributed by atoms with Gasteiger partial charge in [0.25, 0.3) is 0 Å². The molecule has 1 fully saturated rings. The zero-order valence-electron chi connectivity index (χ0n) is 10.5. The largest absolute Gasteiger partial charge is 0.378 e. The number of nitrogens with zero attached hydrogens (tertiary/aromatic N) is 1. The maximum atomic E-state index is 5.90. The van der Waals surface area contributed by atoms with Crippen LogP contribution >= 0.6 is 0 Å². The van der Waals surface area contributed by atoms with Crippen LogP contribution in [-0.4, -0.2) is 43.3 Å². The highest BCUT2D eigenvalue weighted by molar-refractivity contribution is 5.03. The Hall–Kier alpha value is -0.120. The Morgan fingerprint density at radius 1 is 1.40 bits per heavy atom. The lowest BCUT2D eigenvalue weighted by Crippen LogP contribution is -2.63. The first-order chi connectivity index (χ1) is 7.18. The van der Waals surface area contributed by atoms with Crippen LogP contribution in [0.3, 0.4) is 0 Å². The summed E-state index contributed by atoms with van der Waals surface area (Å²) in [5.74, 6) is 0. The van der Waals surface area contributed by atoms with E-state index in [0.29, 0.717) is 6.10 Å². The van der Waals surface area contributed by atoms with Crippen LogP contribution in [0.15, 0.2) is 0 Å². The second kappa shape index (κ2) is 5.83. The van der Waals surface area contributed by atoms with Crippen molar-refractivity contribution in [3.63, 3.8) is 0 Å².